The highest BCUT2D eigenvalue weighted by atomic mass is 14.9. The Kier molecular flexibility index (Phi) is 4.14. The normalized spacial score (nSPS) is 12.2. The summed E-state index contributed by atoms with van der Waals surface area (Å²) in [4.78, 5) is 8.84. The summed E-state index contributed by atoms with van der Waals surface area (Å²) in [5, 5.41) is 9.26. The number of aryl methyl sites for hydroxylation is 2. The molecule has 0 aliphatic heterocycles. The molecule has 2 aromatic rings. The van der Waals surface area contributed by atoms with Crippen molar-refractivity contribution in [3.8, 4) is 17.3 Å². The van der Waals surface area contributed by atoms with Gasteiger partial charge in [0.25, 0.3) is 0 Å². The van der Waals surface area contributed by atoms with Crippen molar-refractivity contribution in [2.45, 2.75) is 33.6 Å². The van der Waals surface area contributed by atoms with Gasteiger partial charge in [-0.15, -0.1) is 0 Å². The largest absolute Gasteiger partial charge is 0.240 e. The molecule has 20 heavy (non-hydrogen) atoms. The fraction of sp³-hybridized carbons (Fsp3) is 0.353. The summed E-state index contributed by atoms with van der Waals surface area (Å²) < 4.78 is 0. The van der Waals surface area contributed by atoms with Gasteiger partial charge in [0.2, 0.25) is 0 Å². The number of nitriles is 1. The highest BCUT2D eigenvalue weighted by Crippen LogP contribution is 2.24. The van der Waals surface area contributed by atoms with Gasteiger partial charge in [0.15, 0.2) is 0 Å². The summed E-state index contributed by atoms with van der Waals surface area (Å²) in [6, 6.07) is 10.5. The number of benzene rings is 1. The maximum absolute atomic E-state index is 9.26. The molecule has 0 saturated heterocycles. The summed E-state index contributed by atoms with van der Waals surface area (Å²) in [6.45, 7) is 8.21. The molecule has 0 bridgehead atoms. The van der Waals surface area contributed by atoms with Crippen LogP contribution in [0, 0.1) is 31.1 Å². The molecule has 1 heterocycles. The Morgan fingerprint density at radius 2 is 1.85 bits per heavy atom. The molecule has 0 aliphatic rings. The maximum atomic E-state index is 9.26. The first-order valence-electron chi connectivity index (χ1n) is 6.83. The van der Waals surface area contributed by atoms with E-state index in [1.807, 2.05) is 19.9 Å². The van der Waals surface area contributed by atoms with Gasteiger partial charge in [0, 0.05) is 11.8 Å². The molecule has 102 valence electrons. The Hall–Kier alpha value is -2.21. The Morgan fingerprint density at radius 1 is 1.10 bits per heavy atom. The molecule has 1 aromatic carbocycles. The average molecular weight is 265 g/mol. The van der Waals surface area contributed by atoms with Crippen LogP contribution >= 0.6 is 0 Å². The van der Waals surface area contributed by atoms with Crippen molar-refractivity contribution in [1.82, 2.24) is 9.97 Å². The number of hydrogen-bond donors (Lipinski definition) is 0. The van der Waals surface area contributed by atoms with E-state index < -0.39 is 0 Å². The molecule has 2 rings (SSSR count). The van der Waals surface area contributed by atoms with Gasteiger partial charge in [-0.1, -0.05) is 26.0 Å². The maximum Gasteiger partial charge on any atom is 0.146 e. The third-order valence-electron chi connectivity index (χ3n) is 3.56. The second-order valence-electron chi connectivity index (χ2n) is 5.45. The topological polar surface area (TPSA) is 49.6 Å². The number of rotatable bonds is 3. The van der Waals surface area contributed by atoms with Crippen molar-refractivity contribution < 1.29 is 0 Å². The fourth-order valence-electron chi connectivity index (χ4n) is 2.09. The minimum Gasteiger partial charge on any atom is -0.240 e. The smallest absolute Gasteiger partial charge is 0.146 e. The molecule has 3 nitrogen and oxygen atoms in total. The van der Waals surface area contributed by atoms with Crippen molar-refractivity contribution in [3.63, 3.8) is 0 Å². The first kappa shape index (κ1) is 14.2. The minimum absolute atomic E-state index is 0.204. The van der Waals surface area contributed by atoms with Crippen LogP contribution in [0.5, 0.6) is 0 Å². The molecule has 1 atom stereocenters. The lowest BCUT2D eigenvalue weighted by atomic mass is 9.96. The van der Waals surface area contributed by atoms with E-state index in [1.54, 1.807) is 6.20 Å². The summed E-state index contributed by atoms with van der Waals surface area (Å²) in [7, 11) is 0. The zero-order valence-electron chi connectivity index (χ0n) is 12.4. The zero-order chi connectivity index (χ0) is 14.7. The van der Waals surface area contributed by atoms with Gasteiger partial charge in [-0.05, 0) is 43.0 Å². The third-order valence-corrected chi connectivity index (χ3v) is 3.56. The molecule has 1 unspecified atom stereocenters. The molecule has 0 spiro atoms. The quantitative estimate of drug-likeness (QED) is 0.842. The van der Waals surface area contributed by atoms with Crippen molar-refractivity contribution in [2.75, 3.05) is 0 Å². The van der Waals surface area contributed by atoms with Gasteiger partial charge in [-0.2, -0.15) is 5.26 Å². The van der Waals surface area contributed by atoms with Crippen LogP contribution in [-0.4, -0.2) is 9.97 Å². The first-order valence-corrected chi connectivity index (χ1v) is 6.83. The fourth-order valence-corrected chi connectivity index (χ4v) is 2.09. The second-order valence-corrected chi connectivity index (χ2v) is 5.45. The zero-order valence-corrected chi connectivity index (χ0v) is 12.4. The number of hydrogen-bond acceptors (Lipinski definition) is 3. The van der Waals surface area contributed by atoms with Crippen LogP contribution in [-0.2, 0) is 0 Å². The monoisotopic (exact) mass is 265 g/mol. The number of aromatic nitrogens is 2. The predicted octanol–water partition coefficient (Wildman–Crippen LogP) is 4.02. The molecular formula is C17H19N3. The van der Waals surface area contributed by atoms with Crippen LogP contribution < -0.4 is 0 Å². The molecule has 0 N–H and O–H groups in total. The van der Waals surface area contributed by atoms with Crippen molar-refractivity contribution in [1.29, 1.82) is 5.26 Å². The SMILES string of the molecule is Cc1ccc(-c2ccnc(C(C#N)C(C)C)n2)cc1C. The van der Waals surface area contributed by atoms with Crippen molar-refractivity contribution >= 4 is 0 Å². The minimum atomic E-state index is -0.263. The summed E-state index contributed by atoms with van der Waals surface area (Å²) >= 11 is 0. The molecule has 1 aromatic heterocycles. The Balaban J connectivity index is 2.44. The van der Waals surface area contributed by atoms with Crippen LogP contribution in [0.2, 0.25) is 0 Å². The lowest BCUT2D eigenvalue weighted by Crippen LogP contribution is -2.09. The molecule has 0 aliphatic carbocycles. The van der Waals surface area contributed by atoms with Crippen LogP contribution in [0.15, 0.2) is 30.5 Å². The van der Waals surface area contributed by atoms with Crippen molar-refractivity contribution in [3.05, 3.63) is 47.4 Å². The van der Waals surface area contributed by atoms with Crippen LogP contribution in [0.25, 0.3) is 11.3 Å². The van der Waals surface area contributed by atoms with Crippen LogP contribution in [0.3, 0.4) is 0 Å². The van der Waals surface area contributed by atoms with E-state index in [2.05, 4.69) is 48.1 Å². The third kappa shape index (κ3) is 2.85. The van der Waals surface area contributed by atoms with E-state index in [1.165, 1.54) is 11.1 Å². The molecule has 0 radical (unpaired) electrons. The molecule has 0 saturated carbocycles. The van der Waals surface area contributed by atoms with Gasteiger partial charge >= 0.3 is 0 Å². The van der Waals surface area contributed by atoms with E-state index in [9.17, 15) is 5.26 Å². The Labute approximate surface area is 120 Å². The van der Waals surface area contributed by atoms with Gasteiger partial charge < -0.3 is 0 Å². The molecule has 0 amide bonds. The van der Waals surface area contributed by atoms with E-state index in [0.29, 0.717) is 5.82 Å². The average Bonchev–Trinajstić information content (AvgIpc) is 2.42. The highest BCUT2D eigenvalue weighted by molar-refractivity contribution is 5.60. The van der Waals surface area contributed by atoms with Gasteiger partial charge in [-0.3, -0.25) is 0 Å². The Morgan fingerprint density at radius 3 is 2.45 bits per heavy atom. The second kappa shape index (κ2) is 5.83. The molecule has 3 heteroatoms. The van der Waals surface area contributed by atoms with E-state index >= 15 is 0 Å². The molecular weight excluding hydrogens is 246 g/mol. The Bertz CT molecular complexity index is 654. The molecule has 0 fully saturated rings. The predicted molar refractivity (Wildman–Crippen MR) is 80.1 cm³/mol. The van der Waals surface area contributed by atoms with E-state index in [4.69, 9.17) is 0 Å². The summed E-state index contributed by atoms with van der Waals surface area (Å²) in [6.07, 6.45) is 1.74. The standard InChI is InChI=1S/C17H19N3/c1-11(2)15(10-18)17-19-8-7-16(20-17)14-6-5-12(3)13(4)9-14/h5-9,11,15H,1-4H3. The van der Waals surface area contributed by atoms with Crippen LogP contribution in [0.1, 0.15) is 36.7 Å². The van der Waals surface area contributed by atoms with Gasteiger partial charge in [0.05, 0.1) is 11.8 Å². The first-order chi connectivity index (χ1) is 9.52. The lowest BCUT2D eigenvalue weighted by molar-refractivity contribution is 0.562. The van der Waals surface area contributed by atoms with Gasteiger partial charge in [-0.25, -0.2) is 9.97 Å². The highest BCUT2D eigenvalue weighted by Gasteiger charge is 2.18. The summed E-state index contributed by atoms with van der Waals surface area (Å²) in [5.74, 6) is 0.551. The lowest BCUT2D eigenvalue weighted by Gasteiger charge is -2.12. The van der Waals surface area contributed by atoms with Crippen LogP contribution in [0.4, 0.5) is 0 Å². The van der Waals surface area contributed by atoms with E-state index in [-0.39, 0.29) is 11.8 Å². The van der Waals surface area contributed by atoms with Gasteiger partial charge in [0.1, 0.15) is 11.7 Å². The number of nitrogens with zero attached hydrogens (tertiary/aromatic N) is 3. The van der Waals surface area contributed by atoms with Crippen molar-refractivity contribution in [2.24, 2.45) is 5.92 Å². The summed E-state index contributed by atoms with van der Waals surface area (Å²) in [5.41, 5.74) is 4.44. The van der Waals surface area contributed by atoms with E-state index in [0.717, 1.165) is 11.3 Å².